The number of halogens is 2. The van der Waals surface area contributed by atoms with Gasteiger partial charge in [-0.05, 0) is 36.2 Å². The van der Waals surface area contributed by atoms with E-state index < -0.39 is 5.82 Å². The van der Waals surface area contributed by atoms with Gasteiger partial charge in [0.05, 0.1) is 16.6 Å². The van der Waals surface area contributed by atoms with Crippen LogP contribution in [-0.4, -0.2) is 41.2 Å². The second-order valence-electron chi connectivity index (χ2n) is 7.73. The largest absolute Gasteiger partial charge is 0.338 e. The molecular weight excluding hydrogens is 379 g/mol. The third-order valence-electron chi connectivity index (χ3n) is 6.02. The lowest BCUT2D eigenvalue weighted by molar-refractivity contribution is -0.130. The topological polar surface area (TPSA) is 40.6 Å². The van der Waals surface area contributed by atoms with Crippen molar-refractivity contribution in [1.82, 2.24) is 9.80 Å². The Kier molecular flexibility index (Phi) is 4.88. The summed E-state index contributed by atoms with van der Waals surface area (Å²) in [7, 11) is 0. The van der Waals surface area contributed by atoms with E-state index in [0.29, 0.717) is 25.2 Å². The lowest BCUT2D eigenvalue weighted by Crippen LogP contribution is -2.36. The molecule has 2 amide bonds. The molecule has 0 bridgehead atoms. The Hall–Kier alpha value is -2.40. The number of aryl methyl sites for hydroxylation is 1. The maximum absolute atomic E-state index is 13.3. The molecule has 28 heavy (non-hydrogen) atoms. The minimum absolute atomic E-state index is 0.0369. The first-order valence-electron chi connectivity index (χ1n) is 9.44. The van der Waals surface area contributed by atoms with E-state index in [-0.39, 0.29) is 34.7 Å². The van der Waals surface area contributed by atoms with E-state index in [4.69, 9.17) is 11.6 Å². The molecule has 0 N–H and O–H groups in total. The molecule has 0 aromatic heterocycles. The summed E-state index contributed by atoms with van der Waals surface area (Å²) in [5.74, 6) is -0.194. The Labute approximate surface area is 168 Å². The molecule has 3 atom stereocenters. The number of carbonyl (C=O) groups excluding carboxylic acids is 2. The Bertz CT molecular complexity index is 948. The number of hydrogen-bond donors (Lipinski definition) is 0. The van der Waals surface area contributed by atoms with E-state index in [0.717, 1.165) is 11.1 Å². The fraction of sp³-hybridized carbons (Fsp3) is 0.364. The van der Waals surface area contributed by atoms with Gasteiger partial charge >= 0.3 is 0 Å². The fourth-order valence-corrected chi connectivity index (χ4v) is 4.93. The van der Waals surface area contributed by atoms with Gasteiger partial charge in [-0.25, -0.2) is 4.39 Å². The average molecular weight is 401 g/mol. The number of rotatable bonds is 2. The van der Waals surface area contributed by atoms with Crippen LogP contribution in [-0.2, 0) is 4.79 Å². The standard InChI is InChI=1S/C22H22ClFN2O2/c1-13-5-3-4-6-17(13)21-19-12-25(10-15(19)11-26(21)14(2)27)22(28)18-8-7-16(24)9-20(18)23/h3-9,15,19,21H,10-12H2,1-2H3/t15-,19-,21-/m1/s1. The van der Waals surface area contributed by atoms with Crippen LogP contribution in [0.4, 0.5) is 4.39 Å². The normalized spacial score (nSPS) is 23.8. The van der Waals surface area contributed by atoms with Crippen molar-refractivity contribution in [2.45, 2.75) is 19.9 Å². The molecule has 2 aromatic rings. The van der Waals surface area contributed by atoms with Crippen LogP contribution in [0.1, 0.15) is 34.5 Å². The van der Waals surface area contributed by atoms with Crippen LogP contribution in [0.25, 0.3) is 0 Å². The first-order chi connectivity index (χ1) is 13.4. The van der Waals surface area contributed by atoms with E-state index in [1.165, 1.54) is 18.2 Å². The van der Waals surface area contributed by atoms with E-state index in [1.54, 1.807) is 11.8 Å². The van der Waals surface area contributed by atoms with Gasteiger partial charge in [-0.1, -0.05) is 35.9 Å². The predicted molar refractivity (Wildman–Crippen MR) is 106 cm³/mol. The Morgan fingerprint density at radius 2 is 1.86 bits per heavy atom. The van der Waals surface area contributed by atoms with Crippen molar-refractivity contribution < 1.29 is 14.0 Å². The van der Waals surface area contributed by atoms with Gasteiger partial charge in [0, 0.05) is 38.4 Å². The molecule has 2 fully saturated rings. The first kappa shape index (κ1) is 18.9. The van der Waals surface area contributed by atoms with Crippen LogP contribution in [0.15, 0.2) is 42.5 Å². The maximum Gasteiger partial charge on any atom is 0.255 e. The Balaban J connectivity index is 1.62. The van der Waals surface area contributed by atoms with Crippen molar-refractivity contribution in [3.05, 3.63) is 70.0 Å². The summed E-state index contributed by atoms with van der Waals surface area (Å²) in [5.41, 5.74) is 2.60. The zero-order valence-electron chi connectivity index (χ0n) is 15.9. The summed E-state index contributed by atoms with van der Waals surface area (Å²) in [6, 6.07) is 11.9. The van der Waals surface area contributed by atoms with Crippen LogP contribution in [0.5, 0.6) is 0 Å². The average Bonchev–Trinajstić information content (AvgIpc) is 3.20. The number of likely N-dealkylation sites (tertiary alicyclic amines) is 2. The minimum atomic E-state index is -0.462. The molecular formula is C22H22ClFN2O2. The summed E-state index contributed by atoms with van der Waals surface area (Å²) in [6.07, 6.45) is 0. The molecule has 2 saturated heterocycles. The number of amides is 2. The molecule has 0 unspecified atom stereocenters. The van der Waals surface area contributed by atoms with Gasteiger partial charge in [-0.2, -0.15) is 0 Å². The molecule has 2 heterocycles. The quantitative estimate of drug-likeness (QED) is 0.762. The van der Waals surface area contributed by atoms with Crippen LogP contribution in [0.3, 0.4) is 0 Å². The molecule has 0 aliphatic carbocycles. The zero-order valence-corrected chi connectivity index (χ0v) is 16.6. The molecule has 146 valence electrons. The monoisotopic (exact) mass is 400 g/mol. The summed E-state index contributed by atoms with van der Waals surface area (Å²) in [4.78, 5) is 29.0. The van der Waals surface area contributed by atoms with Gasteiger partial charge in [0.15, 0.2) is 0 Å². The van der Waals surface area contributed by atoms with Gasteiger partial charge in [-0.15, -0.1) is 0 Å². The van der Waals surface area contributed by atoms with Crippen LogP contribution in [0.2, 0.25) is 5.02 Å². The number of carbonyl (C=O) groups is 2. The molecule has 2 aliphatic rings. The van der Waals surface area contributed by atoms with Gasteiger partial charge in [0.2, 0.25) is 5.91 Å². The third kappa shape index (κ3) is 3.18. The highest BCUT2D eigenvalue weighted by atomic mass is 35.5. The SMILES string of the molecule is CC(=O)N1C[C@H]2CN(C(=O)c3ccc(F)cc3Cl)C[C@H]2[C@H]1c1ccccc1C. The highest BCUT2D eigenvalue weighted by molar-refractivity contribution is 6.33. The highest BCUT2D eigenvalue weighted by Crippen LogP contribution is 2.46. The lowest BCUT2D eigenvalue weighted by Gasteiger charge is -2.30. The molecule has 0 radical (unpaired) electrons. The van der Waals surface area contributed by atoms with E-state index >= 15 is 0 Å². The number of hydrogen-bond acceptors (Lipinski definition) is 2. The second kappa shape index (κ2) is 7.21. The lowest BCUT2D eigenvalue weighted by atomic mass is 9.87. The fourth-order valence-electron chi connectivity index (χ4n) is 4.69. The van der Waals surface area contributed by atoms with E-state index in [2.05, 4.69) is 19.1 Å². The van der Waals surface area contributed by atoms with E-state index in [9.17, 15) is 14.0 Å². The Morgan fingerprint density at radius 1 is 1.11 bits per heavy atom. The van der Waals surface area contributed by atoms with Crippen molar-refractivity contribution in [3.8, 4) is 0 Å². The molecule has 0 spiro atoms. The van der Waals surface area contributed by atoms with E-state index in [1.807, 2.05) is 17.0 Å². The van der Waals surface area contributed by atoms with Gasteiger partial charge in [0.25, 0.3) is 5.91 Å². The van der Waals surface area contributed by atoms with Crippen molar-refractivity contribution in [1.29, 1.82) is 0 Å². The summed E-state index contributed by atoms with van der Waals surface area (Å²) >= 11 is 6.09. The van der Waals surface area contributed by atoms with Gasteiger partial charge < -0.3 is 9.80 Å². The number of fused-ring (bicyclic) bond motifs is 1. The van der Waals surface area contributed by atoms with Crippen LogP contribution in [0, 0.1) is 24.6 Å². The van der Waals surface area contributed by atoms with Gasteiger partial charge in [-0.3, -0.25) is 9.59 Å². The summed E-state index contributed by atoms with van der Waals surface area (Å²) in [5, 5.41) is 0.128. The summed E-state index contributed by atoms with van der Waals surface area (Å²) < 4.78 is 13.3. The zero-order chi connectivity index (χ0) is 20.0. The number of nitrogens with zero attached hydrogens (tertiary/aromatic N) is 2. The highest BCUT2D eigenvalue weighted by Gasteiger charge is 2.49. The van der Waals surface area contributed by atoms with Crippen molar-refractivity contribution in [3.63, 3.8) is 0 Å². The smallest absolute Gasteiger partial charge is 0.255 e. The maximum atomic E-state index is 13.3. The molecule has 4 nitrogen and oxygen atoms in total. The molecule has 4 rings (SSSR count). The molecule has 2 aliphatic heterocycles. The van der Waals surface area contributed by atoms with Gasteiger partial charge in [0.1, 0.15) is 5.82 Å². The van der Waals surface area contributed by atoms with Crippen molar-refractivity contribution in [2.75, 3.05) is 19.6 Å². The summed E-state index contributed by atoms with van der Waals surface area (Å²) in [6.45, 7) is 5.42. The van der Waals surface area contributed by atoms with Crippen molar-refractivity contribution in [2.24, 2.45) is 11.8 Å². The third-order valence-corrected chi connectivity index (χ3v) is 6.34. The van der Waals surface area contributed by atoms with Crippen LogP contribution < -0.4 is 0 Å². The van der Waals surface area contributed by atoms with Crippen molar-refractivity contribution >= 4 is 23.4 Å². The number of benzene rings is 2. The predicted octanol–water partition coefficient (Wildman–Crippen LogP) is 4.08. The van der Waals surface area contributed by atoms with Crippen LogP contribution >= 0.6 is 11.6 Å². The first-order valence-corrected chi connectivity index (χ1v) is 9.81. The molecule has 2 aromatic carbocycles. The minimum Gasteiger partial charge on any atom is -0.338 e. The molecule has 6 heteroatoms. The molecule has 0 saturated carbocycles. The Morgan fingerprint density at radius 3 is 2.54 bits per heavy atom. The second-order valence-corrected chi connectivity index (χ2v) is 8.14.